The molecule has 0 spiro atoms. The van der Waals surface area contributed by atoms with Crippen LogP contribution in [0, 0.1) is 5.92 Å². The molecule has 1 saturated carbocycles. The molecule has 24 heavy (non-hydrogen) atoms. The molecule has 2 fully saturated rings. The molecule has 1 unspecified atom stereocenters. The van der Waals surface area contributed by atoms with Crippen LogP contribution in [0.2, 0.25) is 0 Å². The average molecular weight is 352 g/mol. The van der Waals surface area contributed by atoms with Gasteiger partial charge in [0.1, 0.15) is 0 Å². The van der Waals surface area contributed by atoms with Gasteiger partial charge in [0, 0.05) is 25.0 Å². The Bertz CT molecular complexity index is 519. The molecule has 1 saturated heterocycles. The number of nitrogens with two attached hydrogens (primary N) is 1. The van der Waals surface area contributed by atoms with Gasteiger partial charge in [0.15, 0.2) is 0 Å². The summed E-state index contributed by atoms with van der Waals surface area (Å²) in [5, 5.41) is 3.23. The quantitative estimate of drug-likeness (QED) is 0.857. The Morgan fingerprint density at radius 1 is 1.25 bits per heavy atom. The number of carbonyl (C=O) groups excluding carboxylic acids is 1. The van der Waals surface area contributed by atoms with Crippen LogP contribution in [0.1, 0.15) is 44.1 Å². The molecular formula is C19H30ClN3O. The molecule has 1 amide bonds. The highest BCUT2D eigenvalue weighted by Gasteiger charge is 2.37. The molecule has 2 aliphatic rings. The Labute approximate surface area is 151 Å². The first-order valence-corrected chi connectivity index (χ1v) is 8.98. The first kappa shape index (κ1) is 19.2. The number of benzene rings is 1. The third-order valence-corrected chi connectivity index (χ3v) is 5.63. The van der Waals surface area contributed by atoms with E-state index >= 15 is 0 Å². The monoisotopic (exact) mass is 351 g/mol. The van der Waals surface area contributed by atoms with Crippen molar-refractivity contribution in [3.8, 4) is 0 Å². The van der Waals surface area contributed by atoms with Crippen LogP contribution in [0.15, 0.2) is 30.3 Å². The second-order valence-electron chi connectivity index (χ2n) is 7.13. The molecule has 3 N–H and O–H groups in total. The van der Waals surface area contributed by atoms with E-state index < -0.39 is 0 Å². The van der Waals surface area contributed by atoms with E-state index in [0.29, 0.717) is 24.4 Å². The van der Waals surface area contributed by atoms with Crippen LogP contribution in [0.4, 0.5) is 0 Å². The van der Waals surface area contributed by atoms with Gasteiger partial charge in [-0.25, -0.2) is 0 Å². The fourth-order valence-corrected chi connectivity index (χ4v) is 4.10. The lowest BCUT2D eigenvalue weighted by atomic mass is 9.89. The van der Waals surface area contributed by atoms with Gasteiger partial charge in [0.2, 0.25) is 5.91 Å². The maximum absolute atomic E-state index is 12.5. The number of carbonyl (C=O) groups is 1. The van der Waals surface area contributed by atoms with Crippen LogP contribution in [0.3, 0.4) is 0 Å². The van der Waals surface area contributed by atoms with Gasteiger partial charge in [0.05, 0.1) is 6.04 Å². The normalized spacial score (nSPS) is 26.1. The van der Waals surface area contributed by atoms with E-state index in [0.717, 1.165) is 25.9 Å². The molecule has 5 heteroatoms. The van der Waals surface area contributed by atoms with Crippen LogP contribution < -0.4 is 11.1 Å². The van der Waals surface area contributed by atoms with Crippen molar-refractivity contribution in [3.05, 3.63) is 35.9 Å². The molecule has 1 aliphatic heterocycles. The Morgan fingerprint density at radius 3 is 2.54 bits per heavy atom. The van der Waals surface area contributed by atoms with E-state index in [1.807, 2.05) is 13.0 Å². The molecule has 1 aromatic carbocycles. The zero-order valence-electron chi connectivity index (χ0n) is 14.5. The standard InChI is InChI=1S/C19H29N3O.ClH/c1-14(19(23)21-17-9-5-6-10-17)22-12-16(11-20)18(13-22)15-7-3-2-4-8-15;/h2-4,7-8,14,16-18H,5-6,9-13,20H2,1H3,(H,21,23);1H/t14?,16-,18+;/m1./s1. The molecular weight excluding hydrogens is 322 g/mol. The van der Waals surface area contributed by atoms with Crippen LogP contribution in [-0.2, 0) is 4.79 Å². The molecule has 0 radical (unpaired) electrons. The molecule has 1 heterocycles. The summed E-state index contributed by atoms with van der Waals surface area (Å²) >= 11 is 0. The molecule has 1 aromatic rings. The first-order valence-electron chi connectivity index (χ1n) is 8.98. The summed E-state index contributed by atoms with van der Waals surface area (Å²) in [7, 11) is 0. The van der Waals surface area contributed by atoms with E-state index in [1.54, 1.807) is 0 Å². The van der Waals surface area contributed by atoms with Crippen molar-refractivity contribution < 1.29 is 4.79 Å². The maximum Gasteiger partial charge on any atom is 0.237 e. The number of rotatable bonds is 5. The van der Waals surface area contributed by atoms with Crippen molar-refractivity contribution in [1.29, 1.82) is 0 Å². The molecule has 134 valence electrons. The van der Waals surface area contributed by atoms with E-state index in [1.165, 1.54) is 18.4 Å². The zero-order valence-corrected chi connectivity index (χ0v) is 15.3. The van der Waals surface area contributed by atoms with Gasteiger partial charge < -0.3 is 11.1 Å². The van der Waals surface area contributed by atoms with Gasteiger partial charge in [-0.15, -0.1) is 12.4 Å². The fraction of sp³-hybridized carbons (Fsp3) is 0.632. The minimum atomic E-state index is -0.0710. The predicted octanol–water partition coefficient (Wildman–Crippen LogP) is 2.53. The summed E-state index contributed by atoms with van der Waals surface area (Å²) in [6.45, 7) is 4.54. The van der Waals surface area contributed by atoms with Gasteiger partial charge in [-0.3, -0.25) is 9.69 Å². The highest BCUT2D eigenvalue weighted by molar-refractivity contribution is 5.85. The molecule has 0 aromatic heterocycles. The number of likely N-dealkylation sites (tertiary alicyclic amines) is 1. The lowest BCUT2D eigenvalue weighted by Crippen LogP contribution is -2.47. The molecule has 0 bridgehead atoms. The lowest BCUT2D eigenvalue weighted by Gasteiger charge is -2.25. The van der Waals surface area contributed by atoms with Crippen molar-refractivity contribution in [3.63, 3.8) is 0 Å². The van der Waals surface area contributed by atoms with E-state index in [9.17, 15) is 4.79 Å². The number of nitrogens with zero attached hydrogens (tertiary/aromatic N) is 1. The highest BCUT2D eigenvalue weighted by Crippen LogP contribution is 2.33. The Morgan fingerprint density at radius 2 is 1.92 bits per heavy atom. The van der Waals surface area contributed by atoms with Crippen molar-refractivity contribution >= 4 is 18.3 Å². The van der Waals surface area contributed by atoms with Crippen molar-refractivity contribution in [2.45, 2.75) is 50.6 Å². The van der Waals surface area contributed by atoms with Gasteiger partial charge in [0.25, 0.3) is 0 Å². The number of hydrogen-bond donors (Lipinski definition) is 2. The highest BCUT2D eigenvalue weighted by atomic mass is 35.5. The van der Waals surface area contributed by atoms with Crippen LogP contribution in [0.5, 0.6) is 0 Å². The molecule has 4 nitrogen and oxygen atoms in total. The zero-order chi connectivity index (χ0) is 16.2. The maximum atomic E-state index is 12.5. The van der Waals surface area contributed by atoms with Crippen molar-refractivity contribution in [2.75, 3.05) is 19.6 Å². The Hall–Kier alpha value is -1.10. The van der Waals surface area contributed by atoms with Gasteiger partial charge in [-0.1, -0.05) is 43.2 Å². The second-order valence-corrected chi connectivity index (χ2v) is 7.13. The smallest absolute Gasteiger partial charge is 0.237 e. The summed E-state index contributed by atoms with van der Waals surface area (Å²) in [5.41, 5.74) is 7.35. The molecule has 3 atom stereocenters. The largest absolute Gasteiger partial charge is 0.352 e. The number of halogens is 1. The predicted molar refractivity (Wildman–Crippen MR) is 100 cm³/mol. The number of nitrogens with one attached hydrogen (secondary N) is 1. The summed E-state index contributed by atoms with van der Waals surface area (Å²) in [6.07, 6.45) is 4.76. The third-order valence-electron chi connectivity index (χ3n) is 5.63. The minimum Gasteiger partial charge on any atom is -0.352 e. The van der Waals surface area contributed by atoms with E-state index in [-0.39, 0.29) is 24.4 Å². The van der Waals surface area contributed by atoms with Crippen molar-refractivity contribution in [1.82, 2.24) is 10.2 Å². The Balaban J connectivity index is 0.00000208. The van der Waals surface area contributed by atoms with E-state index in [4.69, 9.17) is 5.73 Å². The molecule has 1 aliphatic carbocycles. The number of amides is 1. The number of hydrogen-bond acceptors (Lipinski definition) is 3. The lowest BCUT2D eigenvalue weighted by molar-refractivity contribution is -0.126. The van der Waals surface area contributed by atoms with Crippen molar-refractivity contribution in [2.24, 2.45) is 11.7 Å². The van der Waals surface area contributed by atoms with Gasteiger partial charge >= 0.3 is 0 Å². The molecule has 3 rings (SSSR count). The van der Waals surface area contributed by atoms with Crippen LogP contribution in [0.25, 0.3) is 0 Å². The summed E-state index contributed by atoms with van der Waals surface area (Å²) in [4.78, 5) is 14.8. The average Bonchev–Trinajstić information content (AvgIpc) is 3.24. The first-order chi connectivity index (χ1) is 11.2. The van der Waals surface area contributed by atoms with Crippen LogP contribution >= 0.6 is 12.4 Å². The van der Waals surface area contributed by atoms with Crippen LogP contribution in [-0.4, -0.2) is 42.5 Å². The third kappa shape index (κ3) is 4.29. The summed E-state index contributed by atoms with van der Waals surface area (Å²) in [5.74, 6) is 1.04. The Kier molecular flexibility index (Phi) is 7.08. The topological polar surface area (TPSA) is 58.4 Å². The summed E-state index contributed by atoms with van der Waals surface area (Å²) < 4.78 is 0. The second kappa shape index (κ2) is 8.84. The fourth-order valence-electron chi connectivity index (χ4n) is 4.10. The van der Waals surface area contributed by atoms with Gasteiger partial charge in [-0.05, 0) is 37.8 Å². The minimum absolute atomic E-state index is 0. The van der Waals surface area contributed by atoms with Gasteiger partial charge in [-0.2, -0.15) is 0 Å². The SMILES string of the molecule is CC(C(=O)NC1CCCC1)N1C[C@@H](CN)[C@H](c2ccccc2)C1.Cl. The summed E-state index contributed by atoms with van der Waals surface area (Å²) in [6, 6.07) is 10.9. The van der Waals surface area contributed by atoms with E-state index in [2.05, 4.69) is 34.5 Å².